The summed E-state index contributed by atoms with van der Waals surface area (Å²) in [6.07, 6.45) is 5.45. The lowest BCUT2D eigenvalue weighted by Crippen LogP contribution is -2.09. The molecule has 0 saturated carbocycles. The Morgan fingerprint density at radius 1 is 1.36 bits per heavy atom. The molecule has 0 aliphatic carbocycles. The van der Waals surface area contributed by atoms with Crippen molar-refractivity contribution in [1.82, 2.24) is 9.66 Å². The number of halogens is 1. The molecule has 0 bridgehead atoms. The number of hydrogen-bond acceptors (Lipinski definition) is 3. The minimum atomic E-state index is 0.605. The van der Waals surface area contributed by atoms with Crippen LogP contribution in [-0.4, -0.2) is 9.66 Å². The van der Waals surface area contributed by atoms with Crippen LogP contribution in [0.25, 0.3) is 0 Å². The number of nitrogens with zero attached hydrogens (tertiary/aromatic N) is 2. The van der Waals surface area contributed by atoms with Crippen molar-refractivity contribution < 1.29 is 0 Å². The highest BCUT2D eigenvalue weighted by atomic mass is 79.9. The fourth-order valence-corrected chi connectivity index (χ4v) is 1.43. The molecule has 2 aromatic heterocycles. The van der Waals surface area contributed by atoms with Gasteiger partial charge >= 0.3 is 0 Å². The van der Waals surface area contributed by atoms with Crippen LogP contribution in [-0.2, 0) is 0 Å². The van der Waals surface area contributed by atoms with E-state index in [0.29, 0.717) is 11.5 Å². The first-order valence-electron chi connectivity index (χ1n) is 4.07. The van der Waals surface area contributed by atoms with Crippen LogP contribution >= 0.6 is 15.9 Å². The Labute approximate surface area is 89.9 Å². The maximum atomic E-state index is 5.77. The van der Waals surface area contributed by atoms with Gasteiger partial charge in [0.05, 0.1) is 5.69 Å². The number of nitrogens with one attached hydrogen (secondary N) is 1. The third-order valence-corrected chi connectivity index (χ3v) is 2.16. The van der Waals surface area contributed by atoms with Crippen molar-refractivity contribution in [3.05, 3.63) is 41.3 Å². The summed E-state index contributed by atoms with van der Waals surface area (Å²) in [5.41, 5.74) is 9.41. The Hall–Kier alpha value is -1.49. The van der Waals surface area contributed by atoms with E-state index >= 15 is 0 Å². The standard InChI is InChI=1S/C9H9BrN4/c10-7-5-8(11)9(12-6-7)13-14-3-1-2-4-14/h1-6H,11H2,(H,12,13). The molecular weight excluding hydrogens is 244 g/mol. The first kappa shape index (κ1) is 9.08. The maximum Gasteiger partial charge on any atom is 0.168 e. The number of nitrogens with two attached hydrogens (primary N) is 1. The smallest absolute Gasteiger partial charge is 0.168 e. The monoisotopic (exact) mass is 252 g/mol. The lowest BCUT2D eigenvalue weighted by Gasteiger charge is -2.08. The molecule has 0 amide bonds. The van der Waals surface area contributed by atoms with Crippen molar-refractivity contribution in [2.75, 3.05) is 11.2 Å². The quantitative estimate of drug-likeness (QED) is 0.861. The van der Waals surface area contributed by atoms with E-state index in [0.717, 1.165) is 4.47 Å². The minimum absolute atomic E-state index is 0.605. The van der Waals surface area contributed by atoms with Crippen molar-refractivity contribution in [1.29, 1.82) is 0 Å². The summed E-state index contributed by atoms with van der Waals surface area (Å²) in [5.74, 6) is 0.643. The third kappa shape index (κ3) is 1.88. The van der Waals surface area contributed by atoms with E-state index in [4.69, 9.17) is 5.73 Å². The van der Waals surface area contributed by atoms with Crippen molar-refractivity contribution in [2.45, 2.75) is 0 Å². The topological polar surface area (TPSA) is 55.9 Å². The molecule has 0 aromatic carbocycles. The number of nitrogen functional groups attached to an aromatic ring is 1. The second-order valence-electron chi connectivity index (χ2n) is 2.79. The van der Waals surface area contributed by atoms with Gasteiger partial charge in [-0.2, -0.15) is 0 Å². The van der Waals surface area contributed by atoms with Crippen LogP contribution in [0.2, 0.25) is 0 Å². The van der Waals surface area contributed by atoms with Gasteiger partial charge in [0.2, 0.25) is 0 Å². The molecule has 0 aliphatic heterocycles. The van der Waals surface area contributed by atoms with Crippen LogP contribution in [0, 0.1) is 0 Å². The van der Waals surface area contributed by atoms with Gasteiger partial charge in [-0.15, -0.1) is 0 Å². The third-order valence-electron chi connectivity index (χ3n) is 1.72. The molecule has 0 atom stereocenters. The predicted molar refractivity (Wildman–Crippen MR) is 59.8 cm³/mol. The Morgan fingerprint density at radius 2 is 2.07 bits per heavy atom. The Balaban J connectivity index is 2.25. The average Bonchev–Trinajstić information content (AvgIpc) is 2.62. The molecule has 0 saturated heterocycles. The van der Waals surface area contributed by atoms with E-state index < -0.39 is 0 Å². The lowest BCUT2D eigenvalue weighted by molar-refractivity contribution is 0.954. The van der Waals surface area contributed by atoms with Crippen molar-refractivity contribution in [2.24, 2.45) is 0 Å². The van der Waals surface area contributed by atoms with Crippen LogP contribution in [0.1, 0.15) is 0 Å². The highest BCUT2D eigenvalue weighted by Gasteiger charge is 2.00. The van der Waals surface area contributed by atoms with E-state index in [1.54, 1.807) is 16.9 Å². The van der Waals surface area contributed by atoms with E-state index in [2.05, 4.69) is 26.3 Å². The maximum absolute atomic E-state index is 5.77. The Kier molecular flexibility index (Phi) is 2.41. The van der Waals surface area contributed by atoms with Gasteiger partial charge in [-0.25, -0.2) is 4.98 Å². The summed E-state index contributed by atoms with van der Waals surface area (Å²) >= 11 is 3.30. The van der Waals surface area contributed by atoms with E-state index in [1.807, 2.05) is 24.5 Å². The van der Waals surface area contributed by atoms with Crippen LogP contribution in [0.15, 0.2) is 41.3 Å². The van der Waals surface area contributed by atoms with Crippen molar-refractivity contribution in [3.8, 4) is 0 Å². The van der Waals surface area contributed by atoms with Gasteiger partial charge in [-0.3, -0.25) is 10.1 Å². The molecular formula is C9H9BrN4. The van der Waals surface area contributed by atoms with Crippen LogP contribution in [0.3, 0.4) is 0 Å². The summed E-state index contributed by atoms with van der Waals surface area (Å²) in [6, 6.07) is 5.64. The summed E-state index contributed by atoms with van der Waals surface area (Å²) in [6.45, 7) is 0. The largest absolute Gasteiger partial charge is 0.396 e. The molecule has 2 rings (SSSR count). The van der Waals surface area contributed by atoms with Gasteiger partial charge in [0.25, 0.3) is 0 Å². The molecule has 2 heterocycles. The van der Waals surface area contributed by atoms with E-state index in [-0.39, 0.29) is 0 Å². The van der Waals surface area contributed by atoms with E-state index in [1.165, 1.54) is 0 Å². The molecule has 72 valence electrons. The molecule has 0 fully saturated rings. The summed E-state index contributed by atoms with van der Waals surface area (Å²) in [4.78, 5) is 4.15. The first-order chi connectivity index (χ1) is 6.75. The highest BCUT2D eigenvalue weighted by Crippen LogP contribution is 2.19. The van der Waals surface area contributed by atoms with Gasteiger partial charge in [-0.1, -0.05) is 0 Å². The number of pyridine rings is 1. The van der Waals surface area contributed by atoms with Gasteiger partial charge in [-0.05, 0) is 34.1 Å². The Bertz CT molecular complexity index is 424. The minimum Gasteiger partial charge on any atom is -0.396 e. The molecule has 5 heteroatoms. The Morgan fingerprint density at radius 3 is 2.71 bits per heavy atom. The average molecular weight is 253 g/mol. The molecule has 3 N–H and O–H groups in total. The molecule has 0 unspecified atom stereocenters. The summed E-state index contributed by atoms with van der Waals surface area (Å²) in [7, 11) is 0. The number of hydrogen-bond donors (Lipinski definition) is 2. The summed E-state index contributed by atoms with van der Waals surface area (Å²) in [5, 5.41) is 0. The first-order valence-corrected chi connectivity index (χ1v) is 4.86. The molecule has 0 aliphatic rings. The number of anilines is 2. The fourth-order valence-electron chi connectivity index (χ4n) is 1.08. The second-order valence-corrected chi connectivity index (χ2v) is 3.71. The summed E-state index contributed by atoms with van der Waals surface area (Å²) < 4.78 is 2.65. The van der Waals surface area contributed by atoms with Crippen molar-refractivity contribution in [3.63, 3.8) is 0 Å². The van der Waals surface area contributed by atoms with Gasteiger partial charge in [0, 0.05) is 23.1 Å². The molecule has 14 heavy (non-hydrogen) atoms. The molecule has 0 radical (unpaired) electrons. The predicted octanol–water partition coefficient (Wildman–Crippen LogP) is 2.10. The number of rotatable bonds is 2. The SMILES string of the molecule is Nc1cc(Br)cnc1Nn1cccc1. The fraction of sp³-hybridized carbons (Fsp3) is 0. The molecule has 0 spiro atoms. The molecule has 2 aromatic rings. The zero-order valence-electron chi connectivity index (χ0n) is 7.31. The molecule has 4 nitrogen and oxygen atoms in total. The van der Waals surface area contributed by atoms with Crippen LogP contribution < -0.4 is 11.2 Å². The zero-order chi connectivity index (χ0) is 9.97. The van der Waals surface area contributed by atoms with Crippen LogP contribution in [0.4, 0.5) is 11.5 Å². The zero-order valence-corrected chi connectivity index (χ0v) is 8.90. The van der Waals surface area contributed by atoms with Crippen molar-refractivity contribution >= 4 is 27.4 Å². The van der Waals surface area contributed by atoms with E-state index in [9.17, 15) is 0 Å². The van der Waals surface area contributed by atoms with Gasteiger partial charge in [0.15, 0.2) is 5.82 Å². The normalized spacial score (nSPS) is 10.1. The second kappa shape index (κ2) is 3.71. The lowest BCUT2D eigenvalue weighted by atomic mass is 10.4. The number of aromatic nitrogens is 2. The van der Waals surface area contributed by atoms with Gasteiger partial charge < -0.3 is 5.73 Å². The van der Waals surface area contributed by atoms with Gasteiger partial charge in [0.1, 0.15) is 0 Å². The highest BCUT2D eigenvalue weighted by molar-refractivity contribution is 9.10. The van der Waals surface area contributed by atoms with Crippen LogP contribution in [0.5, 0.6) is 0 Å².